The molecule has 2 fully saturated rings. The van der Waals surface area contributed by atoms with Gasteiger partial charge in [0.2, 0.25) is 5.91 Å². The van der Waals surface area contributed by atoms with Crippen molar-refractivity contribution in [3.05, 3.63) is 0 Å². The molecule has 0 spiro atoms. The average Bonchev–Trinajstić information content (AvgIpc) is 2.29. The van der Waals surface area contributed by atoms with E-state index in [2.05, 4.69) is 15.5 Å². The van der Waals surface area contributed by atoms with E-state index in [1.54, 1.807) is 0 Å². The lowest BCUT2D eigenvalue weighted by Crippen LogP contribution is -2.56. The number of nitrogens with one attached hydrogen (secondary N) is 2. The van der Waals surface area contributed by atoms with E-state index >= 15 is 0 Å². The van der Waals surface area contributed by atoms with E-state index in [0.29, 0.717) is 0 Å². The minimum Gasteiger partial charge on any atom is -0.355 e. The van der Waals surface area contributed by atoms with E-state index in [0.717, 1.165) is 39.1 Å². The second-order valence-corrected chi connectivity index (χ2v) is 3.40. The van der Waals surface area contributed by atoms with Crippen molar-refractivity contribution in [1.82, 2.24) is 15.5 Å². The smallest absolute Gasteiger partial charge is 0.238 e. The Kier molecular flexibility index (Phi) is 6.44. The lowest BCUT2D eigenvalue weighted by Gasteiger charge is -2.32. The van der Waals surface area contributed by atoms with Crippen molar-refractivity contribution in [3.8, 4) is 0 Å². The molecular weight excluding hydrogens is 225 g/mol. The van der Waals surface area contributed by atoms with Crippen LogP contribution in [0.2, 0.25) is 0 Å². The number of hydrogen-bond donors (Lipinski definition) is 2. The Balaban J connectivity index is 0.000000845. The molecule has 0 saturated carbocycles. The van der Waals surface area contributed by atoms with Gasteiger partial charge in [-0.2, -0.15) is 0 Å². The summed E-state index contributed by atoms with van der Waals surface area (Å²) < 4.78 is 0. The maximum absolute atomic E-state index is 11.5. The van der Waals surface area contributed by atoms with E-state index in [9.17, 15) is 4.79 Å². The molecule has 2 aliphatic heterocycles. The topological polar surface area (TPSA) is 44.4 Å². The van der Waals surface area contributed by atoms with Gasteiger partial charge in [-0.25, -0.2) is 0 Å². The molecule has 0 aromatic carbocycles. The molecule has 0 bridgehead atoms. The Morgan fingerprint density at radius 1 is 1.21 bits per heavy atom. The van der Waals surface area contributed by atoms with Crippen molar-refractivity contribution in [1.29, 1.82) is 0 Å². The minimum absolute atomic E-state index is 0. The van der Waals surface area contributed by atoms with Crippen LogP contribution in [0.5, 0.6) is 0 Å². The SMILES string of the molecule is Cl.Cl.O=C1NCCCN2CCNCC12. The molecule has 0 aromatic heterocycles. The molecule has 1 unspecified atom stereocenters. The Morgan fingerprint density at radius 3 is 2.79 bits per heavy atom. The van der Waals surface area contributed by atoms with Gasteiger partial charge < -0.3 is 10.6 Å². The molecule has 1 atom stereocenters. The van der Waals surface area contributed by atoms with Crippen molar-refractivity contribution in [2.75, 3.05) is 32.7 Å². The first kappa shape index (κ1) is 14.0. The normalized spacial score (nSPS) is 27.4. The van der Waals surface area contributed by atoms with E-state index in [1.807, 2.05) is 0 Å². The Hall–Kier alpha value is -0.0300. The third-order valence-corrected chi connectivity index (χ3v) is 2.58. The van der Waals surface area contributed by atoms with Crippen LogP contribution in [0.15, 0.2) is 0 Å². The number of piperazine rings is 1. The first-order chi connectivity index (χ1) is 5.88. The molecule has 14 heavy (non-hydrogen) atoms. The lowest BCUT2D eigenvalue weighted by atomic mass is 10.2. The number of carbonyl (C=O) groups is 1. The van der Waals surface area contributed by atoms with Crippen molar-refractivity contribution in [3.63, 3.8) is 0 Å². The highest BCUT2D eigenvalue weighted by atomic mass is 35.5. The summed E-state index contributed by atoms with van der Waals surface area (Å²) in [7, 11) is 0. The van der Waals surface area contributed by atoms with Gasteiger partial charge in [0.1, 0.15) is 6.04 Å². The second-order valence-electron chi connectivity index (χ2n) is 3.40. The molecule has 0 radical (unpaired) electrons. The van der Waals surface area contributed by atoms with Gasteiger partial charge >= 0.3 is 0 Å². The number of carbonyl (C=O) groups excluding carboxylic acids is 1. The number of nitrogens with zero attached hydrogens (tertiary/aromatic N) is 1. The maximum Gasteiger partial charge on any atom is 0.238 e. The first-order valence-electron chi connectivity index (χ1n) is 4.60. The molecule has 6 heteroatoms. The monoisotopic (exact) mass is 241 g/mol. The van der Waals surface area contributed by atoms with Crippen molar-refractivity contribution < 1.29 is 4.79 Å². The number of rotatable bonds is 0. The van der Waals surface area contributed by atoms with Gasteiger partial charge in [0.05, 0.1) is 0 Å². The quantitative estimate of drug-likeness (QED) is 0.609. The Morgan fingerprint density at radius 2 is 2.00 bits per heavy atom. The molecule has 2 N–H and O–H groups in total. The summed E-state index contributed by atoms with van der Waals surface area (Å²) in [5.74, 6) is 0.194. The summed E-state index contributed by atoms with van der Waals surface area (Å²) in [4.78, 5) is 13.7. The first-order valence-corrected chi connectivity index (χ1v) is 4.60. The summed E-state index contributed by atoms with van der Waals surface area (Å²) in [6, 6.07) is 0.0845. The van der Waals surface area contributed by atoms with Gasteiger partial charge in [0.15, 0.2) is 0 Å². The highest BCUT2D eigenvalue weighted by molar-refractivity contribution is 5.85. The van der Waals surface area contributed by atoms with Crippen LogP contribution in [0, 0.1) is 0 Å². The Bertz CT molecular complexity index is 191. The van der Waals surface area contributed by atoms with Crippen LogP contribution in [0.3, 0.4) is 0 Å². The van der Waals surface area contributed by atoms with Crippen LogP contribution in [0.25, 0.3) is 0 Å². The van der Waals surface area contributed by atoms with E-state index in [1.165, 1.54) is 0 Å². The summed E-state index contributed by atoms with van der Waals surface area (Å²) >= 11 is 0. The fourth-order valence-electron chi connectivity index (χ4n) is 1.88. The number of hydrogen-bond acceptors (Lipinski definition) is 3. The van der Waals surface area contributed by atoms with Gasteiger partial charge in [-0.3, -0.25) is 9.69 Å². The average molecular weight is 242 g/mol. The molecule has 0 aliphatic carbocycles. The molecule has 84 valence electrons. The molecule has 2 rings (SSSR count). The van der Waals surface area contributed by atoms with E-state index in [-0.39, 0.29) is 36.8 Å². The van der Waals surface area contributed by atoms with Crippen LogP contribution < -0.4 is 10.6 Å². The zero-order valence-corrected chi connectivity index (χ0v) is 9.62. The summed E-state index contributed by atoms with van der Waals surface area (Å²) in [5.41, 5.74) is 0. The maximum atomic E-state index is 11.5. The zero-order valence-electron chi connectivity index (χ0n) is 7.99. The van der Waals surface area contributed by atoms with Gasteiger partial charge in [-0.05, 0) is 6.42 Å². The number of halogens is 2. The van der Waals surface area contributed by atoms with Crippen molar-refractivity contribution in [2.24, 2.45) is 0 Å². The minimum atomic E-state index is 0. The van der Waals surface area contributed by atoms with E-state index < -0.39 is 0 Å². The highest BCUT2D eigenvalue weighted by Crippen LogP contribution is 2.06. The summed E-state index contributed by atoms with van der Waals surface area (Å²) in [6.07, 6.45) is 1.09. The van der Waals surface area contributed by atoms with Crippen LogP contribution >= 0.6 is 24.8 Å². The molecule has 2 aliphatic rings. The second kappa shape index (κ2) is 6.45. The van der Waals surface area contributed by atoms with Crippen LogP contribution in [-0.2, 0) is 4.79 Å². The number of amides is 1. The van der Waals surface area contributed by atoms with E-state index in [4.69, 9.17) is 0 Å². The third-order valence-electron chi connectivity index (χ3n) is 2.58. The molecule has 2 saturated heterocycles. The largest absolute Gasteiger partial charge is 0.355 e. The number of fused-ring (bicyclic) bond motifs is 1. The zero-order chi connectivity index (χ0) is 8.39. The molecule has 4 nitrogen and oxygen atoms in total. The fraction of sp³-hybridized carbons (Fsp3) is 0.875. The lowest BCUT2D eigenvalue weighted by molar-refractivity contribution is -0.125. The van der Waals surface area contributed by atoms with Crippen molar-refractivity contribution >= 4 is 30.7 Å². The third kappa shape index (κ3) is 2.98. The van der Waals surface area contributed by atoms with Gasteiger partial charge in [0.25, 0.3) is 0 Å². The predicted octanol–water partition coefficient (Wildman–Crippen LogP) is -0.376. The molecular formula is C8H17Cl2N3O. The van der Waals surface area contributed by atoms with Gasteiger partial charge in [-0.1, -0.05) is 0 Å². The molecule has 2 heterocycles. The van der Waals surface area contributed by atoms with Crippen LogP contribution in [0.4, 0.5) is 0 Å². The standard InChI is InChI=1S/C8H15N3O.2ClH/c12-8-7-6-9-3-5-11(7)4-1-2-10-8;;/h7,9H,1-6H2,(H,10,12);2*1H. The summed E-state index contributed by atoms with van der Waals surface area (Å²) in [6.45, 7) is 4.74. The van der Waals surface area contributed by atoms with Crippen LogP contribution in [0.1, 0.15) is 6.42 Å². The Labute approximate surface area is 96.6 Å². The molecule has 1 amide bonds. The van der Waals surface area contributed by atoms with Gasteiger partial charge in [-0.15, -0.1) is 24.8 Å². The molecule has 0 aromatic rings. The van der Waals surface area contributed by atoms with Gasteiger partial charge in [0, 0.05) is 32.7 Å². The van der Waals surface area contributed by atoms with Crippen LogP contribution in [-0.4, -0.2) is 49.6 Å². The summed E-state index contributed by atoms with van der Waals surface area (Å²) in [5, 5.41) is 6.16. The fourth-order valence-corrected chi connectivity index (χ4v) is 1.88. The van der Waals surface area contributed by atoms with Crippen molar-refractivity contribution in [2.45, 2.75) is 12.5 Å². The highest BCUT2D eigenvalue weighted by Gasteiger charge is 2.29. The predicted molar refractivity (Wildman–Crippen MR) is 60.4 cm³/mol.